The molecule has 5 rings (SSSR count). The van der Waals surface area contributed by atoms with Crippen molar-refractivity contribution >= 4 is 22.8 Å². The van der Waals surface area contributed by atoms with Gasteiger partial charge in [0.1, 0.15) is 24.2 Å². The van der Waals surface area contributed by atoms with Crippen LogP contribution in [0.15, 0.2) is 17.0 Å². The van der Waals surface area contributed by atoms with Crippen LogP contribution in [-0.2, 0) is 13.0 Å². The predicted molar refractivity (Wildman–Crippen MR) is 114 cm³/mol. The SMILES string of the molecule is Cc1nc(NC2(C)CC2)c2c(C(=O)N3CCc4c(ncnc4OC(C)C)C3)coc2n1. The molecule has 1 fully saturated rings. The van der Waals surface area contributed by atoms with Gasteiger partial charge in [-0.05, 0) is 47.0 Å². The molecule has 9 heteroatoms. The van der Waals surface area contributed by atoms with Gasteiger partial charge in [-0.15, -0.1) is 0 Å². The maximum absolute atomic E-state index is 13.5. The van der Waals surface area contributed by atoms with Gasteiger partial charge in [0.15, 0.2) is 0 Å². The number of fused-ring (bicyclic) bond motifs is 2. The van der Waals surface area contributed by atoms with Crippen molar-refractivity contribution in [3.63, 3.8) is 0 Å². The smallest absolute Gasteiger partial charge is 0.258 e. The van der Waals surface area contributed by atoms with Crippen LogP contribution in [0.2, 0.25) is 0 Å². The second-order valence-corrected chi connectivity index (χ2v) is 8.88. The lowest BCUT2D eigenvalue weighted by atomic mass is 10.0. The first-order valence-electron chi connectivity index (χ1n) is 10.7. The van der Waals surface area contributed by atoms with Crippen LogP contribution in [-0.4, -0.2) is 48.9 Å². The number of hydrogen-bond acceptors (Lipinski definition) is 8. The Hall–Kier alpha value is -3.23. The molecule has 4 heterocycles. The zero-order valence-corrected chi connectivity index (χ0v) is 18.2. The first-order valence-corrected chi connectivity index (χ1v) is 10.7. The van der Waals surface area contributed by atoms with E-state index in [1.165, 1.54) is 12.6 Å². The van der Waals surface area contributed by atoms with Crippen molar-refractivity contribution in [2.24, 2.45) is 0 Å². The number of ether oxygens (including phenoxy) is 1. The van der Waals surface area contributed by atoms with Crippen LogP contribution in [0.5, 0.6) is 5.88 Å². The topological polar surface area (TPSA) is 106 Å². The minimum absolute atomic E-state index is 0.0130. The zero-order chi connectivity index (χ0) is 21.8. The van der Waals surface area contributed by atoms with Crippen LogP contribution in [0.25, 0.3) is 11.1 Å². The summed E-state index contributed by atoms with van der Waals surface area (Å²) in [5, 5.41) is 4.12. The molecule has 0 bridgehead atoms. The summed E-state index contributed by atoms with van der Waals surface area (Å²) in [6.45, 7) is 8.85. The molecular weight excluding hydrogens is 396 g/mol. The van der Waals surface area contributed by atoms with Crippen LogP contribution < -0.4 is 10.1 Å². The van der Waals surface area contributed by atoms with Crippen LogP contribution in [0, 0.1) is 6.92 Å². The number of nitrogens with zero attached hydrogens (tertiary/aromatic N) is 5. The van der Waals surface area contributed by atoms with Crippen molar-refractivity contribution in [2.75, 3.05) is 11.9 Å². The summed E-state index contributed by atoms with van der Waals surface area (Å²) in [5.41, 5.74) is 2.70. The molecule has 0 spiro atoms. The Labute approximate surface area is 180 Å². The number of carbonyl (C=O) groups excluding carboxylic acids is 1. The summed E-state index contributed by atoms with van der Waals surface area (Å²) in [4.78, 5) is 32.9. The van der Waals surface area contributed by atoms with Gasteiger partial charge in [0.05, 0.1) is 29.3 Å². The third-order valence-corrected chi connectivity index (χ3v) is 5.80. The molecule has 9 nitrogen and oxygen atoms in total. The van der Waals surface area contributed by atoms with Crippen molar-refractivity contribution < 1.29 is 13.9 Å². The average molecular weight is 422 g/mol. The molecule has 162 valence electrons. The molecule has 0 unspecified atom stereocenters. The van der Waals surface area contributed by atoms with Gasteiger partial charge in [-0.3, -0.25) is 4.79 Å². The average Bonchev–Trinajstić information content (AvgIpc) is 3.29. The lowest BCUT2D eigenvalue weighted by Crippen LogP contribution is -2.37. The van der Waals surface area contributed by atoms with Crippen LogP contribution in [0.1, 0.15) is 61.1 Å². The Morgan fingerprint density at radius 2 is 2.10 bits per heavy atom. The molecule has 1 saturated carbocycles. The lowest BCUT2D eigenvalue weighted by molar-refractivity contribution is 0.0730. The van der Waals surface area contributed by atoms with Crippen LogP contribution >= 0.6 is 0 Å². The van der Waals surface area contributed by atoms with Crippen molar-refractivity contribution in [1.29, 1.82) is 0 Å². The highest BCUT2D eigenvalue weighted by atomic mass is 16.5. The van der Waals surface area contributed by atoms with E-state index in [0.717, 1.165) is 24.1 Å². The highest BCUT2D eigenvalue weighted by Crippen LogP contribution is 2.40. The van der Waals surface area contributed by atoms with E-state index >= 15 is 0 Å². The largest absolute Gasteiger partial charge is 0.475 e. The van der Waals surface area contributed by atoms with Gasteiger partial charge >= 0.3 is 0 Å². The van der Waals surface area contributed by atoms with E-state index in [-0.39, 0.29) is 17.6 Å². The van der Waals surface area contributed by atoms with Gasteiger partial charge in [-0.25, -0.2) is 15.0 Å². The summed E-state index contributed by atoms with van der Waals surface area (Å²) < 4.78 is 11.5. The molecule has 1 aliphatic heterocycles. The van der Waals surface area contributed by atoms with Gasteiger partial charge in [0.25, 0.3) is 5.91 Å². The first kappa shape index (κ1) is 19.7. The Morgan fingerprint density at radius 3 is 2.84 bits per heavy atom. The molecule has 1 amide bonds. The molecule has 0 atom stereocenters. The standard InChI is InChI=1S/C22H26N6O3/c1-12(2)31-19-14-5-8-28(9-16(14)23-11-24-19)21(29)15-10-30-20-17(15)18(25-13(3)26-20)27-22(4)6-7-22/h10-12H,5-9H2,1-4H3,(H,25,26,27). The minimum Gasteiger partial charge on any atom is -0.475 e. The highest BCUT2D eigenvalue weighted by molar-refractivity contribution is 6.09. The highest BCUT2D eigenvalue weighted by Gasteiger charge is 2.39. The molecule has 3 aromatic heterocycles. The Morgan fingerprint density at radius 1 is 1.29 bits per heavy atom. The Balaban J connectivity index is 1.46. The van der Waals surface area contributed by atoms with Crippen molar-refractivity contribution in [2.45, 2.75) is 65.1 Å². The van der Waals surface area contributed by atoms with Gasteiger partial charge in [0.2, 0.25) is 11.6 Å². The van der Waals surface area contributed by atoms with Crippen molar-refractivity contribution in [3.05, 3.63) is 35.2 Å². The lowest BCUT2D eigenvalue weighted by Gasteiger charge is -2.28. The fraction of sp³-hybridized carbons (Fsp3) is 0.500. The van der Waals surface area contributed by atoms with E-state index in [9.17, 15) is 4.79 Å². The van der Waals surface area contributed by atoms with Crippen LogP contribution in [0.4, 0.5) is 5.82 Å². The third kappa shape index (κ3) is 3.68. The first-order chi connectivity index (χ1) is 14.8. The molecule has 0 radical (unpaired) electrons. The predicted octanol–water partition coefficient (Wildman–Crippen LogP) is 3.27. The molecule has 3 aromatic rings. The quantitative estimate of drug-likeness (QED) is 0.668. The molecule has 1 N–H and O–H groups in total. The number of amides is 1. The van der Waals surface area contributed by atoms with Gasteiger partial charge in [-0.2, -0.15) is 4.98 Å². The summed E-state index contributed by atoms with van der Waals surface area (Å²) >= 11 is 0. The normalized spacial score (nSPS) is 17.0. The van der Waals surface area contributed by atoms with E-state index in [1.807, 2.05) is 20.8 Å². The molecule has 0 aromatic carbocycles. The number of aromatic nitrogens is 4. The third-order valence-electron chi connectivity index (χ3n) is 5.80. The van der Waals surface area contributed by atoms with E-state index in [0.29, 0.717) is 53.7 Å². The maximum atomic E-state index is 13.5. The van der Waals surface area contributed by atoms with Gasteiger partial charge < -0.3 is 19.4 Å². The summed E-state index contributed by atoms with van der Waals surface area (Å²) in [5.74, 6) is 1.75. The molecule has 2 aliphatic rings. The zero-order valence-electron chi connectivity index (χ0n) is 18.2. The van der Waals surface area contributed by atoms with Gasteiger partial charge in [0, 0.05) is 17.6 Å². The summed E-state index contributed by atoms with van der Waals surface area (Å²) in [7, 11) is 0. The number of carbonyl (C=O) groups is 1. The molecule has 31 heavy (non-hydrogen) atoms. The number of rotatable bonds is 5. The minimum atomic E-state index is -0.120. The van der Waals surface area contributed by atoms with Gasteiger partial charge in [-0.1, -0.05) is 0 Å². The fourth-order valence-electron chi connectivity index (χ4n) is 3.89. The molecule has 0 saturated heterocycles. The summed E-state index contributed by atoms with van der Waals surface area (Å²) in [6.07, 6.45) is 5.79. The van der Waals surface area contributed by atoms with E-state index < -0.39 is 0 Å². The van der Waals surface area contributed by atoms with Crippen molar-refractivity contribution in [3.8, 4) is 5.88 Å². The van der Waals surface area contributed by atoms with E-state index in [2.05, 4.69) is 32.2 Å². The second kappa shape index (κ2) is 7.18. The Bertz CT molecular complexity index is 1170. The number of nitrogens with one attached hydrogen (secondary N) is 1. The number of anilines is 1. The number of aryl methyl sites for hydroxylation is 1. The fourth-order valence-corrected chi connectivity index (χ4v) is 3.89. The van der Waals surface area contributed by atoms with Crippen LogP contribution in [0.3, 0.4) is 0 Å². The van der Waals surface area contributed by atoms with E-state index in [1.54, 1.807) is 4.90 Å². The Kier molecular flexibility index (Phi) is 4.56. The molecule has 1 aliphatic carbocycles. The second-order valence-electron chi connectivity index (χ2n) is 8.88. The monoisotopic (exact) mass is 422 g/mol. The molecular formula is C22H26N6O3. The van der Waals surface area contributed by atoms with Crippen molar-refractivity contribution in [1.82, 2.24) is 24.8 Å². The van der Waals surface area contributed by atoms with E-state index in [4.69, 9.17) is 9.15 Å². The number of furan rings is 1. The summed E-state index contributed by atoms with van der Waals surface area (Å²) in [6, 6.07) is 0. The maximum Gasteiger partial charge on any atom is 0.258 e. The number of hydrogen-bond donors (Lipinski definition) is 1.